The lowest BCUT2D eigenvalue weighted by molar-refractivity contribution is -0.127. The minimum absolute atomic E-state index is 0.0818. The second-order valence-corrected chi connectivity index (χ2v) is 7.10. The second kappa shape index (κ2) is 7.33. The predicted molar refractivity (Wildman–Crippen MR) is 84.2 cm³/mol. The van der Waals surface area contributed by atoms with E-state index < -0.39 is 0 Å². The molecular weight excluding hydrogens is 286 g/mol. The summed E-state index contributed by atoms with van der Waals surface area (Å²) in [6.07, 6.45) is 3.42. The van der Waals surface area contributed by atoms with Crippen molar-refractivity contribution in [1.29, 1.82) is 0 Å². The molecule has 2 atom stereocenters. The number of aliphatic hydroxyl groups is 1. The first-order chi connectivity index (χ1) is 9.95. The first kappa shape index (κ1) is 16.4. The number of thiazole rings is 1. The fourth-order valence-corrected chi connectivity index (χ4v) is 3.54. The Morgan fingerprint density at radius 3 is 2.81 bits per heavy atom. The quantitative estimate of drug-likeness (QED) is 0.862. The van der Waals surface area contributed by atoms with E-state index in [0.717, 1.165) is 43.1 Å². The summed E-state index contributed by atoms with van der Waals surface area (Å²) in [5.74, 6) is 0.474. The molecule has 1 amide bonds. The molecule has 0 spiro atoms. The van der Waals surface area contributed by atoms with E-state index in [4.69, 9.17) is 0 Å². The molecule has 5 nitrogen and oxygen atoms in total. The van der Waals surface area contributed by atoms with Gasteiger partial charge in [-0.3, -0.25) is 4.79 Å². The topological polar surface area (TPSA) is 56.7 Å². The van der Waals surface area contributed by atoms with Crippen LogP contribution in [0, 0.1) is 5.92 Å². The maximum absolute atomic E-state index is 11.7. The van der Waals surface area contributed by atoms with E-state index >= 15 is 0 Å². The Hall–Kier alpha value is -0.980. The number of likely N-dealkylation sites (N-methyl/N-ethyl adjacent to an activating group) is 1. The SMILES string of the molecule is CN(Cc1csc(CC(=O)N(C)C)n1)CC1CCCC1O. The van der Waals surface area contributed by atoms with Crippen LogP contribution < -0.4 is 0 Å². The summed E-state index contributed by atoms with van der Waals surface area (Å²) in [6, 6.07) is 0. The second-order valence-electron chi connectivity index (χ2n) is 6.15. The Kier molecular flexibility index (Phi) is 5.72. The summed E-state index contributed by atoms with van der Waals surface area (Å²) >= 11 is 1.55. The third-order valence-electron chi connectivity index (χ3n) is 4.00. The number of amides is 1. The number of rotatable bonds is 6. The van der Waals surface area contributed by atoms with Gasteiger partial charge in [0.05, 0.1) is 18.2 Å². The Morgan fingerprint density at radius 1 is 1.43 bits per heavy atom. The Bertz CT molecular complexity index is 475. The van der Waals surface area contributed by atoms with Gasteiger partial charge in [0.15, 0.2) is 0 Å². The van der Waals surface area contributed by atoms with Gasteiger partial charge in [0.2, 0.25) is 5.91 Å². The lowest BCUT2D eigenvalue weighted by Gasteiger charge is -2.22. The molecule has 1 aromatic rings. The molecular formula is C15H25N3O2S. The summed E-state index contributed by atoms with van der Waals surface area (Å²) in [7, 11) is 5.59. The van der Waals surface area contributed by atoms with Crippen molar-refractivity contribution in [2.75, 3.05) is 27.7 Å². The van der Waals surface area contributed by atoms with Crippen molar-refractivity contribution in [2.45, 2.75) is 38.3 Å². The average Bonchev–Trinajstić information content (AvgIpc) is 3.00. The largest absolute Gasteiger partial charge is 0.393 e. The number of carbonyl (C=O) groups is 1. The molecule has 21 heavy (non-hydrogen) atoms. The van der Waals surface area contributed by atoms with Gasteiger partial charge < -0.3 is 14.9 Å². The van der Waals surface area contributed by atoms with E-state index in [1.807, 2.05) is 5.38 Å². The van der Waals surface area contributed by atoms with Crippen LogP contribution in [0.25, 0.3) is 0 Å². The summed E-state index contributed by atoms with van der Waals surface area (Å²) in [5, 5.41) is 12.8. The summed E-state index contributed by atoms with van der Waals surface area (Å²) in [5.41, 5.74) is 1.01. The van der Waals surface area contributed by atoms with Gasteiger partial charge in [0.25, 0.3) is 0 Å². The third-order valence-corrected chi connectivity index (χ3v) is 4.90. The van der Waals surface area contributed by atoms with Crippen molar-refractivity contribution in [3.05, 3.63) is 16.1 Å². The number of hydrogen-bond acceptors (Lipinski definition) is 5. The zero-order valence-corrected chi connectivity index (χ0v) is 13.9. The van der Waals surface area contributed by atoms with E-state index in [1.165, 1.54) is 0 Å². The molecule has 118 valence electrons. The molecule has 2 rings (SSSR count). The van der Waals surface area contributed by atoms with Crippen LogP contribution in [0.15, 0.2) is 5.38 Å². The number of nitrogens with zero attached hydrogens (tertiary/aromatic N) is 3. The maximum atomic E-state index is 11.7. The summed E-state index contributed by atoms with van der Waals surface area (Å²) < 4.78 is 0. The third kappa shape index (κ3) is 4.76. The fraction of sp³-hybridized carbons (Fsp3) is 0.733. The molecule has 0 aliphatic heterocycles. The van der Waals surface area contributed by atoms with Gasteiger partial charge in [-0.05, 0) is 25.8 Å². The van der Waals surface area contributed by atoms with Crippen molar-refractivity contribution in [3.8, 4) is 0 Å². The van der Waals surface area contributed by atoms with E-state index in [1.54, 1.807) is 30.3 Å². The van der Waals surface area contributed by atoms with Crippen LogP contribution in [-0.2, 0) is 17.8 Å². The monoisotopic (exact) mass is 311 g/mol. The molecule has 1 heterocycles. The van der Waals surface area contributed by atoms with E-state index in [-0.39, 0.29) is 12.0 Å². The highest BCUT2D eigenvalue weighted by molar-refractivity contribution is 7.09. The molecule has 1 aliphatic carbocycles. The summed E-state index contributed by atoms with van der Waals surface area (Å²) in [4.78, 5) is 20.0. The highest BCUT2D eigenvalue weighted by Gasteiger charge is 2.26. The van der Waals surface area contributed by atoms with Crippen LogP contribution in [0.2, 0.25) is 0 Å². The van der Waals surface area contributed by atoms with Gasteiger partial charge in [0, 0.05) is 32.6 Å². The average molecular weight is 311 g/mol. The minimum atomic E-state index is -0.142. The zero-order chi connectivity index (χ0) is 15.4. The molecule has 1 aliphatic rings. The van der Waals surface area contributed by atoms with Crippen LogP contribution in [0.4, 0.5) is 0 Å². The first-order valence-corrected chi connectivity index (χ1v) is 8.33. The van der Waals surface area contributed by atoms with Crippen LogP contribution in [0.3, 0.4) is 0 Å². The smallest absolute Gasteiger partial charge is 0.228 e. The number of aliphatic hydroxyl groups excluding tert-OH is 1. The molecule has 1 fully saturated rings. The molecule has 0 bridgehead atoms. The first-order valence-electron chi connectivity index (χ1n) is 7.45. The Labute approximate surface area is 130 Å². The molecule has 0 aromatic carbocycles. The number of hydrogen-bond donors (Lipinski definition) is 1. The highest BCUT2D eigenvalue weighted by Crippen LogP contribution is 2.26. The van der Waals surface area contributed by atoms with Crippen molar-refractivity contribution < 1.29 is 9.90 Å². The standard InChI is InChI=1S/C15H25N3O2S/c1-17(2)15(20)7-14-16-12(10-21-14)9-18(3)8-11-5-4-6-13(11)19/h10-11,13,19H,4-9H2,1-3H3. The van der Waals surface area contributed by atoms with Gasteiger partial charge in [0.1, 0.15) is 5.01 Å². The molecule has 1 N–H and O–H groups in total. The Balaban J connectivity index is 1.82. The van der Waals surface area contributed by atoms with Gasteiger partial charge in [-0.2, -0.15) is 0 Å². The number of carbonyl (C=O) groups excluding carboxylic acids is 1. The summed E-state index contributed by atoms with van der Waals surface area (Å²) in [6.45, 7) is 1.68. The van der Waals surface area contributed by atoms with Gasteiger partial charge in [-0.15, -0.1) is 11.3 Å². The van der Waals surface area contributed by atoms with E-state index in [2.05, 4.69) is 16.9 Å². The normalized spacial score (nSPS) is 22.0. The number of aromatic nitrogens is 1. The van der Waals surface area contributed by atoms with Crippen LogP contribution in [0.1, 0.15) is 30.0 Å². The zero-order valence-electron chi connectivity index (χ0n) is 13.1. The van der Waals surface area contributed by atoms with Crippen molar-refractivity contribution in [3.63, 3.8) is 0 Å². The van der Waals surface area contributed by atoms with Gasteiger partial charge in [-0.1, -0.05) is 6.42 Å². The molecule has 1 aromatic heterocycles. The fourth-order valence-electron chi connectivity index (χ4n) is 2.76. The van der Waals surface area contributed by atoms with Crippen LogP contribution in [0.5, 0.6) is 0 Å². The van der Waals surface area contributed by atoms with Crippen LogP contribution >= 0.6 is 11.3 Å². The molecule has 6 heteroatoms. The highest BCUT2D eigenvalue weighted by atomic mass is 32.1. The maximum Gasteiger partial charge on any atom is 0.228 e. The molecule has 2 unspecified atom stereocenters. The van der Waals surface area contributed by atoms with Crippen molar-refractivity contribution in [2.24, 2.45) is 5.92 Å². The Morgan fingerprint density at radius 2 is 2.19 bits per heavy atom. The van der Waals surface area contributed by atoms with E-state index in [9.17, 15) is 9.90 Å². The lowest BCUT2D eigenvalue weighted by atomic mass is 10.1. The van der Waals surface area contributed by atoms with Crippen molar-refractivity contribution in [1.82, 2.24) is 14.8 Å². The molecule has 1 saturated carbocycles. The van der Waals surface area contributed by atoms with E-state index in [0.29, 0.717) is 12.3 Å². The predicted octanol–water partition coefficient (Wildman–Crippen LogP) is 1.37. The van der Waals surface area contributed by atoms with Crippen LogP contribution in [-0.4, -0.2) is 59.6 Å². The van der Waals surface area contributed by atoms with Crippen molar-refractivity contribution >= 4 is 17.2 Å². The lowest BCUT2D eigenvalue weighted by Crippen LogP contribution is -2.29. The van der Waals surface area contributed by atoms with Gasteiger partial charge in [-0.25, -0.2) is 4.98 Å². The minimum Gasteiger partial charge on any atom is -0.393 e. The molecule has 0 saturated heterocycles. The molecule has 0 radical (unpaired) electrons. The van der Waals surface area contributed by atoms with Gasteiger partial charge >= 0.3 is 0 Å².